The molecule has 0 radical (unpaired) electrons. The number of rotatable bonds is 2. The number of anilines is 1. The summed E-state index contributed by atoms with van der Waals surface area (Å²) in [5.41, 5.74) is 0.992. The third kappa shape index (κ3) is 1.63. The lowest BCUT2D eigenvalue weighted by atomic mass is 10.3. The maximum absolute atomic E-state index is 10.4. The number of hydrogen-bond donors (Lipinski definition) is 2. The monoisotopic (exact) mass is 181 g/mol. The van der Waals surface area contributed by atoms with Gasteiger partial charge in [0.05, 0.1) is 5.69 Å². The zero-order valence-electron chi connectivity index (χ0n) is 7.32. The molecule has 1 aromatic heterocycles. The van der Waals surface area contributed by atoms with Gasteiger partial charge in [0.1, 0.15) is 5.82 Å². The molecule has 0 atom stereocenters. The molecule has 1 aromatic rings. The molecule has 1 aliphatic rings. The van der Waals surface area contributed by atoms with E-state index in [0.717, 1.165) is 5.69 Å². The van der Waals surface area contributed by atoms with Crippen molar-refractivity contribution in [2.45, 2.75) is 18.8 Å². The fraction of sp³-hybridized carbons (Fsp3) is 0.500. The highest BCUT2D eigenvalue weighted by molar-refractivity contribution is 5.81. The van der Waals surface area contributed by atoms with Crippen molar-refractivity contribution in [3.63, 3.8) is 0 Å². The topological polar surface area (TPSA) is 67.2 Å². The van der Waals surface area contributed by atoms with E-state index in [1.54, 1.807) is 17.8 Å². The second-order valence-corrected chi connectivity index (χ2v) is 3.28. The van der Waals surface area contributed by atoms with Crippen LogP contribution in [0.25, 0.3) is 0 Å². The Morgan fingerprint density at radius 2 is 2.46 bits per heavy atom. The van der Waals surface area contributed by atoms with Crippen molar-refractivity contribution in [3.05, 3.63) is 11.8 Å². The van der Waals surface area contributed by atoms with Gasteiger partial charge in [0.15, 0.2) is 0 Å². The predicted octanol–water partition coefficient (Wildman–Crippen LogP) is 1.39. The molecule has 5 heteroatoms. The molecule has 70 valence electrons. The molecule has 1 saturated carbocycles. The molecule has 2 N–H and O–H groups in total. The first-order chi connectivity index (χ1) is 6.16. The minimum atomic E-state index is -1.05. The number of aryl methyl sites for hydroxylation is 1. The first-order valence-electron chi connectivity index (χ1n) is 4.20. The molecule has 5 nitrogen and oxygen atoms in total. The van der Waals surface area contributed by atoms with Crippen molar-refractivity contribution in [2.75, 3.05) is 5.32 Å². The van der Waals surface area contributed by atoms with Gasteiger partial charge in [-0.15, -0.1) is 0 Å². The lowest BCUT2D eigenvalue weighted by Gasteiger charge is -1.98. The minimum absolute atomic E-state index is 0.536. The van der Waals surface area contributed by atoms with E-state index < -0.39 is 6.09 Å². The fourth-order valence-electron chi connectivity index (χ4n) is 1.29. The summed E-state index contributed by atoms with van der Waals surface area (Å²) in [6, 6.07) is 1.80. The molecule has 1 aliphatic carbocycles. The number of nitrogens with zero attached hydrogens (tertiary/aromatic N) is 2. The van der Waals surface area contributed by atoms with Crippen LogP contribution in [0.5, 0.6) is 0 Å². The summed E-state index contributed by atoms with van der Waals surface area (Å²) in [6.07, 6.45) is 1.29. The van der Waals surface area contributed by atoms with E-state index in [-0.39, 0.29) is 0 Å². The summed E-state index contributed by atoms with van der Waals surface area (Å²) < 4.78 is 1.56. The molecule has 0 aliphatic heterocycles. The molecule has 1 fully saturated rings. The Labute approximate surface area is 75.4 Å². The number of aromatic nitrogens is 2. The van der Waals surface area contributed by atoms with Crippen LogP contribution >= 0.6 is 0 Å². The maximum atomic E-state index is 10.4. The summed E-state index contributed by atoms with van der Waals surface area (Å²) in [5.74, 6) is 1.09. The highest BCUT2D eigenvalue weighted by Gasteiger charge is 2.26. The molecule has 0 saturated heterocycles. The van der Waals surface area contributed by atoms with Crippen LogP contribution in [0, 0.1) is 0 Å². The predicted molar refractivity (Wildman–Crippen MR) is 46.8 cm³/mol. The average molecular weight is 181 g/mol. The second-order valence-electron chi connectivity index (χ2n) is 3.28. The summed E-state index contributed by atoms with van der Waals surface area (Å²) in [7, 11) is 1.73. The summed E-state index contributed by atoms with van der Waals surface area (Å²) in [6.45, 7) is 0. The number of carboxylic acid groups (broad SMARTS) is 1. The second kappa shape index (κ2) is 2.76. The van der Waals surface area contributed by atoms with E-state index in [1.807, 2.05) is 0 Å². The van der Waals surface area contributed by atoms with Gasteiger partial charge in [-0.25, -0.2) is 4.79 Å². The quantitative estimate of drug-likeness (QED) is 0.724. The number of hydrogen-bond acceptors (Lipinski definition) is 2. The molecule has 1 amide bonds. The Hall–Kier alpha value is -1.52. The first-order valence-corrected chi connectivity index (χ1v) is 4.20. The van der Waals surface area contributed by atoms with Crippen LogP contribution < -0.4 is 5.32 Å². The van der Waals surface area contributed by atoms with Gasteiger partial charge in [-0.1, -0.05) is 0 Å². The average Bonchev–Trinajstić information content (AvgIpc) is 2.79. The van der Waals surface area contributed by atoms with Gasteiger partial charge >= 0.3 is 6.09 Å². The van der Waals surface area contributed by atoms with Crippen LogP contribution in [0.3, 0.4) is 0 Å². The summed E-state index contributed by atoms with van der Waals surface area (Å²) in [4.78, 5) is 10.4. The zero-order chi connectivity index (χ0) is 9.42. The molecule has 1 heterocycles. The molecule has 2 rings (SSSR count). The van der Waals surface area contributed by atoms with E-state index in [4.69, 9.17) is 5.11 Å². The first kappa shape index (κ1) is 8.10. The van der Waals surface area contributed by atoms with Crippen LogP contribution in [0.15, 0.2) is 6.07 Å². The van der Waals surface area contributed by atoms with E-state index in [9.17, 15) is 4.79 Å². The number of amides is 1. The van der Waals surface area contributed by atoms with Crippen LogP contribution in [0.2, 0.25) is 0 Å². The van der Waals surface area contributed by atoms with E-state index in [1.165, 1.54) is 12.8 Å². The Bertz CT molecular complexity index is 341. The lowest BCUT2D eigenvalue weighted by molar-refractivity contribution is 0.209. The van der Waals surface area contributed by atoms with E-state index in [0.29, 0.717) is 11.7 Å². The summed E-state index contributed by atoms with van der Waals surface area (Å²) in [5, 5.41) is 15.0. The van der Waals surface area contributed by atoms with Crippen molar-refractivity contribution in [1.82, 2.24) is 9.78 Å². The highest BCUT2D eigenvalue weighted by Crippen LogP contribution is 2.39. The largest absolute Gasteiger partial charge is 0.465 e. The molecule has 0 bridgehead atoms. The molecule has 0 spiro atoms. The van der Waals surface area contributed by atoms with Crippen LogP contribution in [0.1, 0.15) is 24.5 Å². The number of carbonyl (C=O) groups is 1. The van der Waals surface area contributed by atoms with Gasteiger partial charge in [0.2, 0.25) is 0 Å². The SMILES string of the molecule is Cn1nc(C2CC2)cc1NC(=O)O. The third-order valence-electron chi connectivity index (χ3n) is 2.13. The van der Waals surface area contributed by atoms with Crippen molar-refractivity contribution < 1.29 is 9.90 Å². The van der Waals surface area contributed by atoms with E-state index >= 15 is 0 Å². The summed E-state index contributed by atoms with van der Waals surface area (Å²) >= 11 is 0. The Morgan fingerprint density at radius 1 is 1.77 bits per heavy atom. The third-order valence-corrected chi connectivity index (χ3v) is 2.13. The molecule has 0 unspecified atom stereocenters. The molecular weight excluding hydrogens is 170 g/mol. The van der Waals surface area contributed by atoms with E-state index in [2.05, 4.69) is 10.4 Å². The van der Waals surface area contributed by atoms with Crippen LogP contribution in [-0.4, -0.2) is 21.0 Å². The van der Waals surface area contributed by atoms with Gasteiger partial charge in [-0.2, -0.15) is 5.10 Å². The highest BCUT2D eigenvalue weighted by atomic mass is 16.4. The Balaban J connectivity index is 2.19. The normalized spacial score (nSPS) is 15.8. The Morgan fingerprint density at radius 3 is 3.00 bits per heavy atom. The van der Waals surface area contributed by atoms with Gasteiger partial charge < -0.3 is 5.11 Å². The standard InChI is InChI=1S/C8H11N3O2/c1-11-7(9-8(12)13)4-6(10-11)5-2-3-5/h4-5,9H,2-3H2,1H3,(H,12,13). The minimum Gasteiger partial charge on any atom is -0.465 e. The van der Waals surface area contributed by atoms with Gasteiger partial charge in [-0.3, -0.25) is 10.00 Å². The van der Waals surface area contributed by atoms with Crippen LogP contribution in [-0.2, 0) is 7.05 Å². The smallest absolute Gasteiger partial charge is 0.410 e. The van der Waals surface area contributed by atoms with Gasteiger partial charge in [0.25, 0.3) is 0 Å². The number of nitrogens with one attached hydrogen (secondary N) is 1. The van der Waals surface area contributed by atoms with Crippen molar-refractivity contribution in [3.8, 4) is 0 Å². The fourth-order valence-corrected chi connectivity index (χ4v) is 1.29. The van der Waals surface area contributed by atoms with Gasteiger partial charge in [-0.05, 0) is 12.8 Å². The molecular formula is C8H11N3O2. The lowest BCUT2D eigenvalue weighted by Crippen LogP contribution is -2.10. The maximum Gasteiger partial charge on any atom is 0.410 e. The zero-order valence-corrected chi connectivity index (χ0v) is 7.32. The van der Waals surface area contributed by atoms with Crippen molar-refractivity contribution >= 4 is 11.9 Å². The Kier molecular flexibility index (Phi) is 1.72. The van der Waals surface area contributed by atoms with Crippen molar-refractivity contribution in [1.29, 1.82) is 0 Å². The van der Waals surface area contributed by atoms with Gasteiger partial charge in [0, 0.05) is 19.0 Å². The van der Waals surface area contributed by atoms with Crippen molar-refractivity contribution in [2.24, 2.45) is 7.05 Å². The van der Waals surface area contributed by atoms with Crippen LogP contribution in [0.4, 0.5) is 10.6 Å². The molecule has 0 aromatic carbocycles. The molecule has 13 heavy (non-hydrogen) atoms.